The molecule has 0 unspecified atom stereocenters. The van der Waals surface area contributed by atoms with Crippen molar-refractivity contribution in [1.29, 1.82) is 0 Å². The summed E-state index contributed by atoms with van der Waals surface area (Å²) in [6.45, 7) is 0.0117. The average molecular weight is 332 g/mol. The van der Waals surface area contributed by atoms with E-state index in [2.05, 4.69) is 15.9 Å². The van der Waals surface area contributed by atoms with Crippen molar-refractivity contribution in [1.82, 2.24) is 0 Å². The molecule has 0 saturated heterocycles. The van der Waals surface area contributed by atoms with Crippen LogP contribution in [0.5, 0.6) is 11.5 Å². The lowest BCUT2D eigenvalue weighted by Crippen LogP contribution is -2.00. The van der Waals surface area contributed by atoms with Crippen molar-refractivity contribution in [3.8, 4) is 11.5 Å². The molecule has 0 amide bonds. The molecule has 19 heavy (non-hydrogen) atoms. The molecule has 2 rings (SSSR count). The second-order valence-corrected chi connectivity index (χ2v) is 4.62. The van der Waals surface area contributed by atoms with Crippen LogP contribution in [0, 0.1) is 17.5 Å². The van der Waals surface area contributed by atoms with Crippen molar-refractivity contribution in [3.63, 3.8) is 0 Å². The average Bonchev–Trinajstić information content (AvgIpc) is 2.37. The standard InChI is InChI=1S/C13H9BrF3NO/c14-9-2-1-8(15)5-12(9)19-13-10(16)3-7(6-18)4-11(13)17/h1-5H,6,18H2. The Bertz CT molecular complexity index is 596. The Morgan fingerprint density at radius 2 is 1.68 bits per heavy atom. The molecular weight excluding hydrogens is 323 g/mol. The highest BCUT2D eigenvalue weighted by Crippen LogP contribution is 2.33. The maximum Gasteiger partial charge on any atom is 0.198 e. The lowest BCUT2D eigenvalue weighted by molar-refractivity contribution is 0.402. The molecule has 0 radical (unpaired) electrons. The zero-order chi connectivity index (χ0) is 14.0. The molecule has 0 aliphatic heterocycles. The molecule has 0 aliphatic carbocycles. The lowest BCUT2D eigenvalue weighted by Gasteiger charge is -2.10. The van der Waals surface area contributed by atoms with E-state index >= 15 is 0 Å². The zero-order valence-corrected chi connectivity index (χ0v) is 11.2. The highest BCUT2D eigenvalue weighted by molar-refractivity contribution is 9.10. The van der Waals surface area contributed by atoms with Gasteiger partial charge in [-0.3, -0.25) is 0 Å². The summed E-state index contributed by atoms with van der Waals surface area (Å²) in [5.41, 5.74) is 5.61. The molecule has 100 valence electrons. The van der Waals surface area contributed by atoms with Gasteiger partial charge in [0, 0.05) is 12.6 Å². The van der Waals surface area contributed by atoms with Crippen LogP contribution in [0.15, 0.2) is 34.8 Å². The number of halogens is 4. The normalized spacial score (nSPS) is 10.6. The quantitative estimate of drug-likeness (QED) is 0.918. The minimum atomic E-state index is -0.892. The molecule has 0 atom stereocenters. The fourth-order valence-corrected chi connectivity index (χ4v) is 1.82. The van der Waals surface area contributed by atoms with Gasteiger partial charge in [-0.1, -0.05) is 0 Å². The van der Waals surface area contributed by atoms with Crippen molar-refractivity contribution in [2.24, 2.45) is 5.73 Å². The van der Waals surface area contributed by atoms with Crippen LogP contribution in [-0.4, -0.2) is 0 Å². The van der Waals surface area contributed by atoms with Crippen molar-refractivity contribution in [3.05, 3.63) is 57.8 Å². The third-order valence-corrected chi connectivity index (χ3v) is 3.05. The number of hydrogen-bond acceptors (Lipinski definition) is 2. The third-order valence-electron chi connectivity index (χ3n) is 2.40. The SMILES string of the molecule is NCc1cc(F)c(Oc2cc(F)ccc2Br)c(F)c1. The summed E-state index contributed by atoms with van der Waals surface area (Å²) < 4.78 is 45.9. The van der Waals surface area contributed by atoms with Gasteiger partial charge in [-0.05, 0) is 45.8 Å². The van der Waals surface area contributed by atoms with Gasteiger partial charge in [-0.2, -0.15) is 0 Å². The van der Waals surface area contributed by atoms with Crippen LogP contribution in [0.2, 0.25) is 0 Å². The fraction of sp³-hybridized carbons (Fsp3) is 0.0769. The Hall–Kier alpha value is -1.53. The van der Waals surface area contributed by atoms with Crippen LogP contribution in [0.3, 0.4) is 0 Å². The molecule has 0 spiro atoms. The molecule has 2 nitrogen and oxygen atoms in total. The number of ether oxygens (including phenoxy) is 1. The fourth-order valence-electron chi connectivity index (χ4n) is 1.49. The number of benzene rings is 2. The molecule has 0 heterocycles. The Kier molecular flexibility index (Phi) is 4.11. The minimum Gasteiger partial charge on any atom is -0.450 e. The number of nitrogens with two attached hydrogens (primary N) is 1. The zero-order valence-electron chi connectivity index (χ0n) is 9.59. The number of rotatable bonds is 3. The predicted molar refractivity (Wildman–Crippen MR) is 68.4 cm³/mol. The van der Waals surface area contributed by atoms with E-state index in [1.54, 1.807) is 0 Å². The summed E-state index contributed by atoms with van der Waals surface area (Å²) in [6, 6.07) is 5.76. The molecule has 0 fully saturated rings. The second-order valence-electron chi connectivity index (χ2n) is 3.77. The first-order valence-electron chi connectivity index (χ1n) is 5.32. The van der Waals surface area contributed by atoms with Crippen LogP contribution in [-0.2, 0) is 6.54 Å². The highest BCUT2D eigenvalue weighted by atomic mass is 79.9. The Morgan fingerprint density at radius 1 is 1.05 bits per heavy atom. The smallest absolute Gasteiger partial charge is 0.198 e. The summed E-state index contributed by atoms with van der Waals surface area (Å²) in [7, 11) is 0. The Balaban J connectivity index is 2.41. The van der Waals surface area contributed by atoms with E-state index < -0.39 is 23.2 Å². The maximum absolute atomic E-state index is 13.7. The van der Waals surface area contributed by atoms with E-state index in [4.69, 9.17) is 10.5 Å². The van der Waals surface area contributed by atoms with Gasteiger partial charge in [0.1, 0.15) is 11.6 Å². The molecule has 0 bridgehead atoms. The molecule has 2 aromatic rings. The van der Waals surface area contributed by atoms with E-state index in [0.717, 1.165) is 18.2 Å². The van der Waals surface area contributed by atoms with Crippen molar-refractivity contribution >= 4 is 15.9 Å². The van der Waals surface area contributed by atoms with Crippen LogP contribution in [0.4, 0.5) is 13.2 Å². The first-order chi connectivity index (χ1) is 9.01. The molecule has 2 N–H and O–H groups in total. The van der Waals surface area contributed by atoms with Crippen molar-refractivity contribution < 1.29 is 17.9 Å². The van der Waals surface area contributed by atoms with Gasteiger partial charge >= 0.3 is 0 Å². The Morgan fingerprint density at radius 3 is 2.26 bits per heavy atom. The first kappa shape index (κ1) is 13.9. The van der Waals surface area contributed by atoms with Crippen molar-refractivity contribution in [2.75, 3.05) is 0 Å². The van der Waals surface area contributed by atoms with Crippen molar-refractivity contribution in [2.45, 2.75) is 6.54 Å². The molecule has 0 aliphatic rings. The summed E-state index contributed by atoms with van der Waals surface area (Å²) in [5.74, 6) is -2.97. The molecule has 6 heteroatoms. The molecular formula is C13H9BrF3NO. The number of hydrogen-bond donors (Lipinski definition) is 1. The van der Waals surface area contributed by atoms with E-state index in [-0.39, 0.29) is 12.3 Å². The van der Waals surface area contributed by atoms with Gasteiger partial charge in [0.2, 0.25) is 0 Å². The van der Waals surface area contributed by atoms with E-state index in [1.807, 2.05) is 0 Å². The topological polar surface area (TPSA) is 35.2 Å². The molecule has 0 saturated carbocycles. The monoisotopic (exact) mass is 331 g/mol. The predicted octanol–water partition coefficient (Wildman–Crippen LogP) is 4.12. The van der Waals surface area contributed by atoms with Crippen LogP contribution in [0.25, 0.3) is 0 Å². The summed E-state index contributed by atoms with van der Waals surface area (Å²) >= 11 is 3.11. The summed E-state index contributed by atoms with van der Waals surface area (Å²) in [6.07, 6.45) is 0. The largest absolute Gasteiger partial charge is 0.450 e. The van der Waals surface area contributed by atoms with E-state index in [0.29, 0.717) is 10.0 Å². The van der Waals surface area contributed by atoms with E-state index in [1.165, 1.54) is 12.1 Å². The highest BCUT2D eigenvalue weighted by Gasteiger charge is 2.15. The minimum absolute atomic E-state index is 0.0117. The third kappa shape index (κ3) is 3.08. The van der Waals surface area contributed by atoms with Crippen LogP contribution < -0.4 is 10.5 Å². The summed E-state index contributed by atoms with van der Waals surface area (Å²) in [4.78, 5) is 0. The summed E-state index contributed by atoms with van der Waals surface area (Å²) in [5, 5.41) is 0. The maximum atomic E-state index is 13.7. The van der Waals surface area contributed by atoms with Gasteiger partial charge in [-0.15, -0.1) is 0 Å². The van der Waals surface area contributed by atoms with Gasteiger partial charge in [-0.25, -0.2) is 13.2 Å². The van der Waals surface area contributed by atoms with Gasteiger partial charge < -0.3 is 10.5 Å². The van der Waals surface area contributed by atoms with Gasteiger partial charge in [0.15, 0.2) is 17.4 Å². The van der Waals surface area contributed by atoms with Crippen LogP contribution in [0.1, 0.15) is 5.56 Å². The molecule has 0 aromatic heterocycles. The lowest BCUT2D eigenvalue weighted by atomic mass is 10.2. The molecule has 2 aromatic carbocycles. The second kappa shape index (κ2) is 5.63. The van der Waals surface area contributed by atoms with Gasteiger partial charge in [0.05, 0.1) is 4.47 Å². The van der Waals surface area contributed by atoms with Crippen LogP contribution >= 0.6 is 15.9 Å². The first-order valence-corrected chi connectivity index (χ1v) is 6.11. The van der Waals surface area contributed by atoms with E-state index in [9.17, 15) is 13.2 Å². The Labute approximate surface area is 116 Å². The van der Waals surface area contributed by atoms with Gasteiger partial charge in [0.25, 0.3) is 0 Å².